The van der Waals surface area contributed by atoms with Crippen LogP contribution in [0.25, 0.3) is 11.3 Å². The van der Waals surface area contributed by atoms with Crippen LogP contribution in [-0.2, 0) is 13.1 Å². The first-order valence-corrected chi connectivity index (χ1v) is 9.47. The summed E-state index contributed by atoms with van der Waals surface area (Å²) in [7, 11) is 0. The van der Waals surface area contributed by atoms with Crippen LogP contribution in [0.15, 0.2) is 24.3 Å². The lowest BCUT2D eigenvalue weighted by Crippen LogP contribution is -2.56. The number of benzene rings is 1. The van der Waals surface area contributed by atoms with Crippen LogP contribution < -0.4 is 11.1 Å². The van der Waals surface area contributed by atoms with Crippen LogP contribution in [0.3, 0.4) is 0 Å². The first-order chi connectivity index (χ1) is 12.9. The van der Waals surface area contributed by atoms with Crippen LogP contribution >= 0.6 is 11.6 Å². The molecule has 3 N–H and O–H groups in total. The highest BCUT2D eigenvalue weighted by Gasteiger charge is 2.36. The Hall–Kier alpha value is -2.54. The molecule has 0 atom stereocenters. The van der Waals surface area contributed by atoms with Gasteiger partial charge in [-0.25, -0.2) is 4.79 Å². The summed E-state index contributed by atoms with van der Waals surface area (Å²) in [5.74, 6) is -0.556. The molecule has 1 aromatic carbocycles. The van der Waals surface area contributed by atoms with Gasteiger partial charge in [-0.15, -0.1) is 0 Å². The molecule has 0 bridgehead atoms. The molecule has 1 aliphatic heterocycles. The van der Waals surface area contributed by atoms with Crippen molar-refractivity contribution in [1.29, 1.82) is 0 Å². The molecule has 3 amide bonds. The Morgan fingerprint density at radius 1 is 1.30 bits per heavy atom. The van der Waals surface area contributed by atoms with E-state index in [9.17, 15) is 9.59 Å². The topological polar surface area (TPSA) is 93.2 Å². The fourth-order valence-electron chi connectivity index (χ4n) is 3.76. The first kappa shape index (κ1) is 17.9. The molecule has 1 aliphatic carbocycles. The normalized spacial score (nSPS) is 17.8. The van der Waals surface area contributed by atoms with Crippen molar-refractivity contribution in [2.24, 2.45) is 5.73 Å². The molecule has 0 saturated heterocycles. The molecular weight excluding hydrogens is 366 g/mol. The lowest BCUT2D eigenvalue weighted by Gasteiger charge is -2.41. The number of amides is 3. The Balaban J connectivity index is 1.64. The van der Waals surface area contributed by atoms with Gasteiger partial charge in [0, 0.05) is 22.7 Å². The third-order valence-corrected chi connectivity index (χ3v) is 5.71. The van der Waals surface area contributed by atoms with Crippen molar-refractivity contribution in [3.05, 3.63) is 40.5 Å². The predicted octanol–water partition coefficient (Wildman–Crippen LogP) is 2.77. The van der Waals surface area contributed by atoms with Gasteiger partial charge < -0.3 is 16.0 Å². The molecule has 27 heavy (non-hydrogen) atoms. The van der Waals surface area contributed by atoms with Crippen molar-refractivity contribution < 1.29 is 9.59 Å². The number of hydrogen-bond acceptors (Lipinski definition) is 3. The number of nitrogens with one attached hydrogen (secondary N) is 1. The van der Waals surface area contributed by atoms with Gasteiger partial charge in [0.05, 0.1) is 24.3 Å². The number of carbonyl (C=O) groups is 2. The number of carbonyl (C=O) groups excluding carboxylic acids is 2. The number of aromatic nitrogens is 2. The average molecular weight is 388 g/mol. The Kier molecular flexibility index (Phi) is 4.34. The largest absolute Gasteiger partial charge is 0.365 e. The van der Waals surface area contributed by atoms with E-state index in [1.54, 1.807) is 27.8 Å². The van der Waals surface area contributed by atoms with Gasteiger partial charge in [-0.05, 0) is 38.3 Å². The number of primary amides is 1. The average Bonchev–Trinajstić information content (AvgIpc) is 2.99. The second-order valence-electron chi connectivity index (χ2n) is 7.53. The Bertz CT molecular complexity index is 919. The van der Waals surface area contributed by atoms with E-state index in [4.69, 9.17) is 17.3 Å². The second kappa shape index (κ2) is 6.56. The number of fused-ring (bicyclic) bond motifs is 1. The van der Waals surface area contributed by atoms with Gasteiger partial charge in [0.15, 0.2) is 0 Å². The van der Waals surface area contributed by atoms with E-state index in [1.807, 2.05) is 6.07 Å². The Morgan fingerprint density at radius 3 is 2.70 bits per heavy atom. The number of hydrogen-bond donors (Lipinski definition) is 2. The summed E-state index contributed by atoms with van der Waals surface area (Å²) in [6.07, 6.45) is 3.13. The molecule has 8 heteroatoms. The number of nitrogens with zero attached hydrogens (tertiary/aromatic N) is 3. The molecule has 2 aliphatic rings. The van der Waals surface area contributed by atoms with E-state index >= 15 is 0 Å². The Labute approximate surface area is 162 Å². The standard InChI is InChI=1S/C19H22ClN5O2/c1-19(6-3-7-19)22-18(27)24-8-9-25-14(11-24)15(17(21)26)16(23-25)12-4-2-5-13(20)10-12/h2,4-5,10H,3,6-9,11H2,1H3,(H2,21,26)(H,22,27). The van der Waals surface area contributed by atoms with Crippen LogP contribution in [0.5, 0.6) is 0 Å². The molecule has 142 valence electrons. The van der Waals surface area contributed by atoms with E-state index in [-0.39, 0.29) is 11.6 Å². The van der Waals surface area contributed by atoms with Gasteiger partial charge in [0.1, 0.15) is 5.69 Å². The number of rotatable bonds is 3. The third kappa shape index (κ3) is 3.27. The van der Waals surface area contributed by atoms with E-state index in [0.717, 1.165) is 24.8 Å². The van der Waals surface area contributed by atoms with Crippen LogP contribution in [-0.4, -0.2) is 38.7 Å². The molecule has 1 fully saturated rings. The van der Waals surface area contributed by atoms with Crippen LogP contribution in [0.1, 0.15) is 42.2 Å². The SMILES string of the molecule is CC1(NC(=O)N2CCn3nc(-c4cccc(Cl)c4)c(C(N)=O)c3C2)CCC1. The van der Waals surface area contributed by atoms with Crippen molar-refractivity contribution in [3.63, 3.8) is 0 Å². The van der Waals surface area contributed by atoms with Crippen LogP contribution in [0.2, 0.25) is 5.02 Å². The monoisotopic (exact) mass is 387 g/mol. The number of nitrogens with two attached hydrogens (primary N) is 1. The summed E-state index contributed by atoms with van der Waals surface area (Å²) in [5.41, 5.74) is 7.81. The fourth-order valence-corrected chi connectivity index (χ4v) is 3.95. The summed E-state index contributed by atoms with van der Waals surface area (Å²) in [6, 6.07) is 7.06. The van der Waals surface area contributed by atoms with Gasteiger partial charge in [-0.2, -0.15) is 5.10 Å². The summed E-state index contributed by atoms with van der Waals surface area (Å²) in [4.78, 5) is 26.6. The summed E-state index contributed by atoms with van der Waals surface area (Å²) >= 11 is 6.09. The molecule has 4 rings (SSSR count). The highest BCUT2D eigenvalue weighted by molar-refractivity contribution is 6.30. The van der Waals surface area contributed by atoms with Gasteiger partial charge in [-0.1, -0.05) is 23.7 Å². The highest BCUT2D eigenvalue weighted by atomic mass is 35.5. The minimum absolute atomic E-state index is 0.107. The fraction of sp³-hybridized carbons (Fsp3) is 0.421. The minimum Gasteiger partial charge on any atom is -0.365 e. The van der Waals surface area contributed by atoms with Gasteiger partial charge in [0.2, 0.25) is 0 Å². The minimum atomic E-state index is -0.556. The quantitative estimate of drug-likeness (QED) is 0.847. The molecule has 1 saturated carbocycles. The van der Waals surface area contributed by atoms with Gasteiger partial charge in [0.25, 0.3) is 5.91 Å². The van der Waals surface area contributed by atoms with E-state index in [0.29, 0.717) is 41.6 Å². The third-order valence-electron chi connectivity index (χ3n) is 5.48. The predicted molar refractivity (Wildman–Crippen MR) is 102 cm³/mol. The smallest absolute Gasteiger partial charge is 0.318 e. The molecule has 0 radical (unpaired) electrons. The zero-order chi connectivity index (χ0) is 19.2. The van der Waals surface area contributed by atoms with Gasteiger partial charge >= 0.3 is 6.03 Å². The van der Waals surface area contributed by atoms with Gasteiger partial charge in [-0.3, -0.25) is 9.48 Å². The van der Waals surface area contributed by atoms with Crippen LogP contribution in [0.4, 0.5) is 4.79 Å². The van der Waals surface area contributed by atoms with Crippen LogP contribution in [0, 0.1) is 0 Å². The molecule has 0 spiro atoms. The number of halogens is 1. The number of urea groups is 1. The molecule has 7 nitrogen and oxygen atoms in total. The maximum Gasteiger partial charge on any atom is 0.318 e. The lowest BCUT2D eigenvalue weighted by atomic mass is 9.79. The van der Waals surface area contributed by atoms with Crippen molar-refractivity contribution in [1.82, 2.24) is 20.0 Å². The van der Waals surface area contributed by atoms with E-state index in [1.165, 1.54) is 0 Å². The molecule has 1 aromatic heterocycles. The second-order valence-corrected chi connectivity index (χ2v) is 7.97. The van der Waals surface area contributed by atoms with E-state index < -0.39 is 5.91 Å². The molecule has 0 unspecified atom stereocenters. The maximum atomic E-state index is 12.7. The van der Waals surface area contributed by atoms with Crippen molar-refractivity contribution in [2.45, 2.75) is 44.8 Å². The van der Waals surface area contributed by atoms with Crippen molar-refractivity contribution in [2.75, 3.05) is 6.54 Å². The molecular formula is C19H22ClN5O2. The summed E-state index contributed by atoms with van der Waals surface area (Å²) in [6.45, 7) is 3.41. The molecule has 2 heterocycles. The highest BCUT2D eigenvalue weighted by Crippen LogP contribution is 2.32. The maximum absolute atomic E-state index is 12.7. The Morgan fingerprint density at radius 2 is 2.07 bits per heavy atom. The van der Waals surface area contributed by atoms with Crippen molar-refractivity contribution >= 4 is 23.5 Å². The lowest BCUT2D eigenvalue weighted by molar-refractivity contribution is 0.0996. The summed E-state index contributed by atoms with van der Waals surface area (Å²) < 4.78 is 1.77. The first-order valence-electron chi connectivity index (χ1n) is 9.09. The molecule has 2 aromatic rings. The zero-order valence-electron chi connectivity index (χ0n) is 15.2. The van der Waals surface area contributed by atoms with Crippen molar-refractivity contribution in [3.8, 4) is 11.3 Å². The summed E-state index contributed by atoms with van der Waals surface area (Å²) in [5, 5.41) is 8.25. The van der Waals surface area contributed by atoms with E-state index in [2.05, 4.69) is 17.3 Å². The zero-order valence-corrected chi connectivity index (χ0v) is 15.9.